The molecule has 2 N–H and O–H groups in total. The molecule has 0 fully saturated rings. The van der Waals surface area contributed by atoms with E-state index in [0.717, 1.165) is 6.07 Å². The molecule has 0 aliphatic carbocycles. The van der Waals surface area contributed by atoms with Crippen LogP contribution < -0.4 is 0 Å². The average molecular weight is 323 g/mol. The molecule has 0 unspecified atom stereocenters. The van der Waals surface area contributed by atoms with Crippen molar-refractivity contribution in [3.63, 3.8) is 0 Å². The molecule has 7 heteroatoms. The van der Waals surface area contributed by atoms with Crippen molar-refractivity contribution in [2.75, 3.05) is 12.4 Å². The minimum Gasteiger partial charge on any atom is -0.478 e. The van der Waals surface area contributed by atoms with Crippen LogP contribution in [0.4, 0.5) is 0 Å². The molecule has 0 radical (unpaired) electrons. The predicted octanol–water partition coefficient (Wildman–Crippen LogP) is 1.22. The molecule has 0 aliphatic rings. The molecule has 0 spiro atoms. The Balaban J connectivity index is 3.48. The quantitative estimate of drug-likeness (QED) is 0.869. The molecule has 0 heterocycles. The number of carboxylic acids is 1. The fraction of sp³-hybridized carbons (Fsp3) is 0.300. The van der Waals surface area contributed by atoms with E-state index in [0.29, 0.717) is 10.0 Å². The molecule has 0 bridgehead atoms. The summed E-state index contributed by atoms with van der Waals surface area (Å²) in [4.78, 5) is 10.8. The maximum Gasteiger partial charge on any atom is 0.335 e. The van der Waals surface area contributed by atoms with Crippen molar-refractivity contribution in [1.29, 1.82) is 0 Å². The molecule has 17 heavy (non-hydrogen) atoms. The molecule has 1 aromatic rings. The summed E-state index contributed by atoms with van der Waals surface area (Å²) in [5.74, 6) is -1.63. The summed E-state index contributed by atoms with van der Waals surface area (Å²) >= 11 is 3.12. The van der Waals surface area contributed by atoms with E-state index in [4.69, 9.17) is 10.2 Å². The fourth-order valence-corrected chi connectivity index (χ4v) is 3.26. The van der Waals surface area contributed by atoms with Crippen LogP contribution in [0.25, 0.3) is 0 Å². The second-order valence-electron chi connectivity index (χ2n) is 3.43. The average Bonchev–Trinajstić information content (AvgIpc) is 2.21. The van der Waals surface area contributed by atoms with E-state index in [1.807, 2.05) is 0 Å². The zero-order valence-electron chi connectivity index (χ0n) is 8.97. The van der Waals surface area contributed by atoms with E-state index in [-0.39, 0.29) is 10.5 Å². The number of carbonyl (C=O) groups is 1. The molecule has 1 aromatic carbocycles. The molecule has 0 saturated heterocycles. The van der Waals surface area contributed by atoms with Crippen LogP contribution in [0.1, 0.15) is 15.9 Å². The van der Waals surface area contributed by atoms with Gasteiger partial charge in [0.25, 0.3) is 0 Å². The van der Waals surface area contributed by atoms with Gasteiger partial charge >= 0.3 is 5.97 Å². The Hall–Kier alpha value is -0.920. The maximum absolute atomic E-state index is 11.8. The fourth-order valence-electron chi connectivity index (χ4n) is 1.33. The molecule has 0 aromatic heterocycles. The number of hydrogen-bond donors (Lipinski definition) is 2. The summed E-state index contributed by atoms with van der Waals surface area (Å²) in [6, 6.07) is 2.45. The summed E-state index contributed by atoms with van der Waals surface area (Å²) in [5, 5.41) is 17.5. The predicted molar refractivity (Wildman–Crippen MR) is 65.0 cm³/mol. The number of carboxylic acid groups (broad SMARTS) is 1. The van der Waals surface area contributed by atoms with Crippen molar-refractivity contribution in [2.24, 2.45) is 0 Å². The van der Waals surface area contributed by atoms with E-state index in [2.05, 4.69) is 15.9 Å². The largest absolute Gasteiger partial charge is 0.478 e. The van der Waals surface area contributed by atoms with Crippen molar-refractivity contribution < 1.29 is 23.4 Å². The standard InChI is InChI=1S/C10H11BrO5S/c1-6-8(11)4-7(10(13)14)5-9(6)17(15,16)3-2-12/h4-5,12H,2-3H2,1H3,(H,13,14). The second kappa shape index (κ2) is 5.16. The zero-order valence-corrected chi connectivity index (χ0v) is 11.4. The van der Waals surface area contributed by atoms with Gasteiger partial charge in [0.15, 0.2) is 9.84 Å². The highest BCUT2D eigenvalue weighted by Gasteiger charge is 2.20. The van der Waals surface area contributed by atoms with Gasteiger partial charge in [0.2, 0.25) is 0 Å². The van der Waals surface area contributed by atoms with Crippen LogP contribution in [0.5, 0.6) is 0 Å². The van der Waals surface area contributed by atoms with Crippen LogP contribution >= 0.6 is 15.9 Å². The first-order valence-electron chi connectivity index (χ1n) is 4.66. The number of aliphatic hydroxyl groups is 1. The molecular formula is C10H11BrO5S. The first-order valence-corrected chi connectivity index (χ1v) is 7.11. The second-order valence-corrected chi connectivity index (χ2v) is 6.36. The highest BCUT2D eigenvalue weighted by Crippen LogP contribution is 2.26. The number of aliphatic hydroxyl groups excluding tert-OH is 1. The van der Waals surface area contributed by atoms with Crippen LogP contribution in [0, 0.1) is 6.92 Å². The topological polar surface area (TPSA) is 91.7 Å². The van der Waals surface area contributed by atoms with Gasteiger partial charge < -0.3 is 10.2 Å². The van der Waals surface area contributed by atoms with Gasteiger partial charge in [-0.25, -0.2) is 13.2 Å². The summed E-state index contributed by atoms with van der Waals surface area (Å²) in [5.41, 5.74) is 0.322. The third-order valence-corrected chi connectivity index (χ3v) is 4.88. The number of halogens is 1. The van der Waals surface area contributed by atoms with Gasteiger partial charge in [-0.3, -0.25) is 0 Å². The highest BCUT2D eigenvalue weighted by atomic mass is 79.9. The Morgan fingerprint density at radius 3 is 2.47 bits per heavy atom. The first kappa shape index (κ1) is 14.1. The van der Waals surface area contributed by atoms with Crippen LogP contribution in [0.3, 0.4) is 0 Å². The summed E-state index contributed by atoms with van der Waals surface area (Å²) < 4.78 is 24.0. The van der Waals surface area contributed by atoms with Crippen molar-refractivity contribution in [1.82, 2.24) is 0 Å². The number of sulfone groups is 1. The Labute approximate surface area is 107 Å². The molecule has 0 amide bonds. The van der Waals surface area contributed by atoms with Crippen molar-refractivity contribution >= 4 is 31.7 Å². The first-order chi connectivity index (χ1) is 7.79. The minimum absolute atomic E-state index is 0.0710. The minimum atomic E-state index is -3.66. The normalized spacial score (nSPS) is 11.5. The van der Waals surface area contributed by atoms with Gasteiger partial charge in [-0.05, 0) is 24.6 Å². The van der Waals surface area contributed by atoms with Gasteiger partial charge in [-0.2, -0.15) is 0 Å². The molecule has 0 saturated carbocycles. The number of rotatable bonds is 4. The number of benzene rings is 1. The van der Waals surface area contributed by atoms with Crippen molar-refractivity contribution in [2.45, 2.75) is 11.8 Å². The lowest BCUT2D eigenvalue weighted by Gasteiger charge is -2.09. The third kappa shape index (κ3) is 3.05. The summed E-state index contributed by atoms with van der Waals surface area (Å²) in [6.45, 7) is 1.07. The Bertz CT molecular complexity index is 550. The SMILES string of the molecule is Cc1c(Br)cc(C(=O)O)cc1S(=O)(=O)CCO. The van der Waals surface area contributed by atoms with E-state index < -0.39 is 28.2 Å². The van der Waals surface area contributed by atoms with Crippen LogP contribution in [-0.4, -0.2) is 37.0 Å². The number of hydrogen-bond acceptors (Lipinski definition) is 4. The van der Waals surface area contributed by atoms with Gasteiger partial charge in [-0.15, -0.1) is 0 Å². The van der Waals surface area contributed by atoms with Crippen LogP contribution in [-0.2, 0) is 9.84 Å². The molecule has 94 valence electrons. The van der Waals surface area contributed by atoms with Crippen LogP contribution in [0.2, 0.25) is 0 Å². The Morgan fingerprint density at radius 1 is 1.41 bits per heavy atom. The van der Waals surface area contributed by atoms with Crippen LogP contribution in [0.15, 0.2) is 21.5 Å². The number of aromatic carboxylic acids is 1. The summed E-state index contributed by atoms with van der Waals surface area (Å²) in [6.07, 6.45) is 0. The van der Waals surface area contributed by atoms with Gasteiger partial charge in [-0.1, -0.05) is 15.9 Å². The van der Waals surface area contributed by atoms with Gasteiger partial charge in [0, 0.05) is 4.47 Å². The zero-order chi connectivity index (χ0) is 13.2. The van der Waals surface area contributed by atoms with E-state index in [9.17, 15) is 13.2 Å². The van der Waals surface area contributed by atoms with Crippen molar-refractivity contribution in [3.05, 3.63) is 27.7 Å². The van der Waals surface area contributed by atoms with Crippen molar-refractivity contribution in [3.8, 4) is 0 Å². The smallest absolute Gasteiger partial charge is 0.335 e. The Morgan fingerprint density at radius 2 is 2.00 bits per heavy atom. The Kier molecular flexibility index (Phi) is 4.29. The lowest BCUT2D eigenvalue weighted by atomic mass is 10.1. The molecule has 0 atom stereocenters. The summed E-state index contributed by atoms with van der Waals surface area (Å²) in [7, 11) is -3.66. The molecular weight excluding hydrogens is 312 g/mol. The lowest BCUT2D eigenvalue weighted by molar-refractivity contribution is 0.0696. The third-order valence-electron chi connectivity index (χ3n) is 2.24. The van der Waals surface area contributed by atoms with Gasteiger partial charge in [0.05, 0.1) is 22.8 Å². The van der Waals surface area contributed by atoms with Gasteiger partial charge in [0.1, 0.15) is 0 Å². The van der Waals surface area contributed by atoms with E-state index >= 15 is 0 Å². The highest BCUT2D eigenvalue weighted by molar-refractivity contribution is 9.10. The molecule has 5 nitrogen and oxygen atoms in total. The molecule has 1 rings (SSSR count). The van der Waals surface area contributed by atoms with E-state index in [1.54, 1.807) is 6.92 Å². The van der Waals surface area contributed by atoms with E-state index in [1.165, 1.54) is 6.07 Å². The maximum atomic E-state index is 11.8. The lowest BCUT2D eigenvalue weighted by Crippen LogP contribution is -2.13. The molecule has 0 aliphatic heterocycles. The monoisotopic (exact) mass is 322 g/mol.